The Bertz CT molecular complexity index is 893. The number of hydrogen-bond donors (Lipinski definition) is 1. The lowest BCUT2D eigenvalue weighted by molar-refractivity contribution is -0.131. The molecule has 2 heterocycles. The first-order valence-electron chi connectivity index (χ1n) is 8.87. The number of amides is 3. The summed E-state index contributed by atoms with van der Waals surface area (Å²) in [4.78, 5) is 25.2. The Kier molecular flexibility index (Phi) is 5.32. The molecule has 1 aromatic carbocycles. The Morgan fingerprint density at radius 3 is 2.67 bits per heavy atom. The standard InChI is InChI=1S/C19H22ClN5O2/c1-4-5-11-24-16(20)15(13(2)23-24)12-21-25-17(26)19(3,22-18(25)27)14-9-7-6-8-10-14/h6-10,12H,4-5,11H2,1-3H3,(H,22,27)/b21-12-/t19-/m1/s1. The van der Waals surface area contributed by atoms with E-state index in [0.717, 1.165) is 17.9 Å². The fraction of sp³-hybridized carbons (Fsp3) is 0.368. The number of carbonyl (C=O) groups is 2. The summed E-state index contributed by atoms with van der Waals surface area (Å²) in [5.41, 5.74) is 0.835. The fourth-order valence-electron chi connectivity index (χ4n) is 2.98. The number of imide groups is 1. The lowest BCUT2D eigenvalue weighted by atomic mass is 9.92. The third-order valence-corrected chi connectivity index (χ3v) is 5.05. The van der Waals surface area contributed by atoms with Crippen LogP contribution in [0.1, 0.15) is 43.5 Å². The molecule has 0 saturated carbocycles. The number of hydrogen-bond acceptors (Lipinski definition) is 4. The highest BCUT2D eigenvalue weighted by atomic mass is 35.5. The zero-order valence-electron chi connectivity index (χ0n) is 15.6. The highest BCUT2D eigenvalue weighted by molar-refractivity contribution is 6.32. The molecule has 0 unspecified atom stereocenters. The van der Waals surface area contributed by atoms with Crippen molar-refractivity contribution in [3.63, 3.8) is 0 Å². The second kappa shape index (κ2) is 7.52. The summed E-state index contributed by atoms with van der Waals surface area (Å²) < 4.78 is 1.71. The van der Waals surface area contributed by atoms with Crippen LogP contribution >= 0.6 is 11.6 Å². The van der Waals surface area contributed by atoms with Crippen LogP contribution < -0.4 is 5.32 Å². The van der Waals surface area contributed by atoms with Crippen molar-refractivity contribution >= 4 is 29.8 Å². The minimum atomic E-state index is -1.15. The highest BCUT2D eigenvalue weighted by Crippen LogP contribution is 2.29. The normalized spacial score (nSPS) is 19.9. The molecule has 0 radical (unpaired) electrons. The Balaban J connectivity index is 1.85. The van der Waals surface area contributed by atoms with E-state index in [1.807, 2.05) is 25.1 Å². The molecule has 7 nitrogen and oxygen atoms in total. The monoisotopic (exact) mass is 387 g/mol. The van der Waals surface area contributed by atoms with Crippen LogP contribution in [-0.2, 0) is 16.9 Å². The van der Waals surface area contributed by atoms with Crippen molar-refractivity contribution in [2.45, 2.75) is 45.7 Å². The number of aromatic nitrogens is 2. The number of benzene rings is 1. The molecular formula is C19H22ClN5O2. The summed E-state index contributed by atoms with van der Waals surface area (Å²) >= 11 is 6.38. The van der Waals surface area contributed by atoms with Crippen molar-refractivity contribution in [2.24, 2.45) is 5.10 Å². The molecule has 1 aromatic heterocycles. The second-order valence-corrected chi connectivity index (χ2v) is 7.01. The van der Waals surface area contributed by atoms with Crippen LogP contribution in [0.4, 0.5) is 4.79 Å². The van der Waals surface area contributed by atoms with Gasteiger partial charge in [-0.05, 0) is 25.8 Å². The van der Waals surface area contributed by atoms with Gasteiger partial charge in [-0.2, -0.15) is 10.2 Å². The molecule has 3 amide bonds. The zero-order valence-corrected chi connectivity index (χ0v) is 16.3. The molecule has 1 aliphatic heterocycles. The number of urea groups is 1. The molecule has 27 heavy (non-hydrogen) atoms. The number of aryl methyl sites for hydroxylation is 2. The summed E-state index contributed by atoms with van der Waals surface area (Å²) in [7, 11) is 0. The van der Waals surface area contributed by atoms with Crippen LogP contribution in [0.3, 0.4) is 0 Å². The maximum absolute atomic E-state index is 12.9. The number of nitrogens with one attached hydrogen (secondary N) is 1. The molecule has 2 aromatic rings. The van der Waals surface area contributed by atoms with Crippen LogP contribution in [0.25, 0.3) is 0 Å². The van der Waals surface area contributed by atoms with Gasteiger partial charge in [-0.3, -0.25) is 9.48 Å². The summed E-state index contributed by atoms with van der Waals surface area (Å²) in [5, 5.41) is 12.5. The van der Waals surface area contributed by atoms with Gasteiger partial charge >= 0.3 is 6.03 Å². The Labute approximate surface area is 163 Å². The van der Waals surface area contributed by atoms with Crippen LogP contribution in [-0.4, -0.2) is 32.9 Å². The molecule has 142 valence electrons. The predicted octanol–water partition coefficient (Wildman–Crippen LogP) is 3.45. The first-order chi connectivity index (χ1) is 12.9. The molecule has 0 spiro atoms. The van der Waals surface area contributed by atoms with E-state index >= 15 is 0 Å². The topological polar surface area (TPSA) is 79.6 Å². The molecule has 1 fully saturated rings. The van der Waals surface area contributed by atoms with E-state index in [2.05, 4.69) is 22.4 Å². The van der Waals surface area contributed by atoms with Gasteiger partial charge in [-0.15, -0.1) is 5.01 Å². The van der Waals surface area contributed by atoms with Crippen LogP contribution in [0.15, 0.2) is 35.4 Å². The minimum Gasteiger partial charge on any atom is -0.318 e. The predicted molar refractivity (Wildman–Crippen MR) is 104 cm³/mol. The first-order valence-corrected chi connectivity index (χ1v) is 9.25. The molecule has 0 bridgehead atoms. The van der Waals surface area contributed by atoms with Gasteiger partial charge in [-0.1, -0.05) is 55.3 Å². The number of hydrazone groups is 1. The summed E-state index contributed by atoms with van der Waals surface area (Å²) in [6.07, 6.45) is 3.40. The van der Waals surface area contributed by atoms with Crippen LogP contribution in [0.5, 0.6) is 0 Å². The molecular weight excluding hydrogens is 366 g/mol. The van der Waals surface area contributed by atoms with Crippen molar-refractivity contribution < 1.29 is 9.59 Å². The quantitative estimate of drug-likeness (QED) is 0.609. The van der Waals surface area contributed by atoms with E-state index in [0.29, 0.717) is 28.5 Å². The van der Waals surface area contributed by atoms with Crippen molar-refractivity contribution in [3.8, 4) is 0 Å². The third-order valence-electron chi connectivity index (χ3n) is 4.66. The second-order valence-electron chi connectivity index (χ2n) is 6.65. The first kappa shape index (κ1) is 19.1. The van der Waals surface area contributed by atoms with E-state index in [9.17, 15) is 9.59 Å². The number of halogens is 1. The maximum Gasteiger partial charge on any atom is 0.346 e. The largest absolute Gasteiger partial charge is 0.346 e. The number of rotatable bonds is 6. The van der Waals surface area contributed by atoms with Gasteiger partial charge in [0.25, 0.3) is 5.91 Å². The van der Waals surface area contributed by atoms with Crippen LogP contribution in [0, 0.1) is 6.92 Å². The highest BCUT2D eigenvalue weighted by Gasteiger charge is 2.49. The van der Waals surface area contributed by atoms with E-state index < -0.39 is 17.5 Å². The number of nitrogens with zero attached hydrogens (tertiary/aromatic N) is 4. The molecule has 1 aliphatic rings. The summed E-state index contributed by atoms with van der Waals surface area (Å²) in [6, 6.07) is 8.51. The Hall–Kier alpha value is -2.67. The van der Waals surface area contributed by atoms with Gasteiger partial charge in [0.1, 0.15) is 10.7 Å². The van der Waals surface area contributed by atoms with E-state index in [1.165, 1.54) is 6.21 Å². The van der Waals surface area contributed by atoms with E-state index in [4.69, 9.17) is 11.6 Å². The summed E-state index contributed by atoms with van der Waals surface area (Å²) in [5.74, 6) is -0.442. The lowest BCUT2D eigenvalue weighted by Crippen LogP contribution is -2.40. The molecule has 1 atom stereocenters. The number of carbonyl (C=O) groups excluding carboxylic acids is 2. The van der Waals surface area contributed by atoms with Gasteiger partial charge in [0.05, 0.1) is 17.5 Å². The Morgan fingerprint density at radius 1 is 1.30 bits per heavy atom. The molecule has 3 rings (SSSR count). The fourth-order valence-corrected chi connectivity index (χ4v) is 3.29. The molecule has 8 heteroatoms. The average Bonchev–Trinajstić information content (AvgIpc) is 3.06. The van der Waals surface area contributed by atoms with Crippen molar-refractivity contribution in [1.82, 2.24) is 20.1 Å². The molecule has 1 N–H and O–H groups in total. The van der Waals surface area contributed by atoms with Gasteiger partial charge in [0, 0.05) is 6.54 Å². The van der Waals surface area contributed by atoms with E-state index in [1.54, 1.807) is 23.7 Å². The van der Waals surface area contributed by atoms with Gasteiger partial charge < -0.3 is 5.32 Å². The molecule has 0 aliphatic carbocycles. The maximum atomic E-state index is 12.9. The van der Waals surface area contributed by atoms with Gasteiger partial charge in [0.15, 0.2) is 0 Å². The third kappa shape index (κ3) is 3.47. The number of unbranched alkanes of at least 4 members (excludes halogenated alkanes) is 1. The van der Waals surface area contributed by atoms with Crippen molar-refractivity contribution in [2.75, 3.05) is 0 Å². The average molecular weight is 388 g/mol. The zero-order chi connectivity index (χ0) is 19.6. The van der Waals surface area contributed by atoms with Crippen molar-refractivity contribution in [1.29, 1.82) is 0 Å². The smallest absolute Gasteiger partial charge is 0.318 e. The summed E-state index contributed by atoms with van der Waals surface area (Å²) in [6.45, 7) is 6.28. The van der Waals surface area contributed by atoms with E-state index in [-0.39, 0.29) is 0 Å². The van der Waals surface area contributed by atoms with Gasteiger partial charge in [-0.25, -0.2) is 4.79 Å². The van der Waals surface area contributed by atoms with Crippen LogP contribution in [0.2, 0.25) is 5.15 Å². The van der Waals surface area contributed by atoms with Gasteiger partial charge in [0.2, 0.25) is 0 Å². The SMILES string of the molecule is CCCCn1nc(C)c(/C=N\N2C(=O)N[C@](C)(c3ccccc3)C2=O)c1Cl. The van der Waals surface area contributed by atoms with Crippen molar-refractivity contribution in [3.05, 3.63) is 52.3 Å². The molecule has 1 saturated heterocycles. The lowest BCUT2D eigenvalue weighted by Gasteiger charge is -2.20. The minimum absolute atomic E-state index is 0.442. The Morgan fingerprint density at radius 2 is 2.00 bits per heavy atom.